The first-order valence-electron chi connectivity index (χ1n) is 7.26. The first kappa shape index (κ1) is 11.4. The van der Waals surface area contributed by atoms with E-state index >= 15 is 0 Å². The third kappa shape index (κ3) is 1.73. The van der Waals surface area contributed by atoms with Gasteiger partial charge in [-0.2, -0.15) is 0 Å². The molecule has 2 N–H and O–H groups in total. The Morgan fingerprint density at radius 3 is 2.89 bits per heavy atom. The minimum absolute atomic E-state index is 0.169. The molecule has 2 heteroatoms. The lowest BCUT2D eigenvalue weighted by Crippen LogP contribution is -2.47. The first-order chi connectivity index (χ1) is 8.73. The maximum Gasteiger partial charge on any atom is 0.0196 e. The van der Waals surface area contributed by atoms with Crippen LogP contribution in [0.4, 0.5) is 0 Å². The van der Waals surface area contributed by atoms with Crippen molar-refractivity contribution in [3.8, 4) is 0 Å². The Kier molecular flexibility index (Phi) is 2.53. The second-order valence-corrected chi connectivity index (χ2v) is 7.91. The number of rotatable bonds is 2. The smallest absolute Gasteiger partial charge is 0.0196 e. The van der Waals surface area contributed by atoms with Crippen molar-refractivity contribution in [2.75, 3.05) is 0 Å². The fourth-order valence-corrected chi connectivity index (χ4v) is 6.00. The van der Waals surface area contributed by atoms with E-state index in [1.165, 1.54) is 43.4 Å². The number of hydrogen-bond donors (Lipinski definition) is 1. The van der Waals surface area contributed by atoms with Gasteiger partial charge in [0.15, 0.2) is 0 Å². The van der Waals surface area contributed by atoms with Crippen molar-refractivity contribution in [3.63, 3.8) is 0 Å². The first-order valence-corrected chi connectivity index (χ1v) is 8.14. The Labute approximate surface area is 114 Å². The summed E-state index contributed by atoms with van der Waals surface area (Å²) < 4.78 is 0. The molecular weight excluding hydrogens is 238 g/mol. The molecule has 0 amide bonds. The zero-order valence-corrected chi connectivity index (χ0v) is 11.6. The lowest BCUT2D eigenvalue weighted by Gasteiger charge is -2.35. The third-order valence-electron chi connectivity index (χ3n) is 5.34. The summed E-state index contributed by atoms with van der Waals surface area (Å²) in [5.74, 6) is 1.78. The quantitative estimate of drug-likeness (QED) is 0.878. The lowest BCUT2D eigenvalue weighted by atomic mass is 9.78. The van der Waals surface area contributed by atoms with Crippen LogP contribution >= 0.6 is 11.8 Å². The van der Waals surface area contributed by atoms with Crippen molar-refractivity contribution in [1.29, 1.82) is 0 Å². The molecule has 4 unspecified atom stereocenters. The van der Waals surface area contributed by atoms with E-state index < -0.39 is 0 Å². The third-order valence-corrected chi connectivity index (χ3v) is 6.66. The van der Waals surface area contributed by atoms with Crippen molar-refractivity contribution in [3.05, 3.63) is 29.8 Å². The van der Waals surface area contributed by atoms with Gasteiger partial charge >= 0.3 is 0 Å². The molecule has 1 nitrogen and oxygen atoms in total. The van der Waals surface area contributed by atoms with E-state index in [0.29, 0.717) is 0 Å². The normalized spacial score (nSPS) is 41.3. The van der Waals surface area contributed by atoms with E-state index in [0.717, 1.165) is 17.1 Å². The Balaban J connectivity index is 1.48. The molecule has 1 heterocycles. The lowest BCUT2D eigenvalue weighted by molar-refractivity contribution is 0.252. The van der Waals surface area contributed by atoms with Gasteiger partial charge in [-0.15, -0.1) is 11.8 Å². The molecule has 2 bridgehead atoms. The Bertz CT molecular complexity index is 447. The maximum absolute atomic E-state index is 6.75. The number of nitrogens with two attached hydrogens (primary N) is 1. The summed E-state index contributed by atoms with van der Waals surface area (Å²) in [6.45, 7) is 0. The van der Waals surface area contributed by atoms with Gasteiger partial charge in [-0.05, 0) is 55.6 Å². The molecular formula is C16H21NS. The summed E-state index contributed by atoms with van der Waals surface area (Å²) in [6.07, 6.45) is 8.02. The second-order valence-electron chi connectivity index (χ2n) is 6.57. The summed E-state index contributed by atoms with van der Waals surface area (Å²) in [4.78, 5) is 1.49. The number of thioether (sulfide) groups is 1. The van der Waals surface area contributed by atoms with Crippen LogP contribution in [-0.2, 0) is 6.42 Å². The van der Waals surface area contributed by atoms with Crippen molar-refractivity contribution in [2.45, 2.75) is 54.2 Å². The van der Waals surface area contributed by atoms with Crippen LogP contribution in [-0.4, -0.2) is 10.8 Å². The van der Waals surface area contributed by atoms with E-state index in [1.54, 1.807) is 5.56 Å². The fourth-order valence-electron chi connectivity index (χ4n) is 4.53. The average Bonchev–Trinajstić information content (AvgIpc) is 3.00. The molecule has 2 saturated carbocycles. The largest absolute Gasteiger partial charge is 0.325 e. The van der Waals surface area contributed by atoms with E-state index in [4.69, 9.17) is 5.73 Å². The van der Waals surface area contributed by atoms with Crippen LogP contribution in [0.25, 0.3) is 0 Å². The Morgan fingerprint density at radius 2 is 2.17 bits per heavy atom. The zero-order valence-electron chi connectivity index (χ0n) is 10.8. The van der Waals surface area contributed by atoms with Crippen LogP contribution in [0.3, 0.4) is 0 Å². The van der Waals surface area contributed by atoms with Crippen LogP contribution in [0, 0.1) is 11.8 Å². The Hall–Kier alpha value is -0.470. The van der Waals surface area contributed by atoms with Crippen LogP contribution < -0.4 is 5.73 Å². The number of benzene rings is 1. The summed E-state index contributed by atoms with van der Waals surface area (Å²) >= 11 is 2.07. The molecule has 0 aromatic heterocycles. The highest BCUT2D eigenvalue weighted by molar-refractivity contribution is 8.00. The van der Waals surface area contributed by atoms with Gasteiger partial charge in [0.25, 0.3) is 0 Å². The van der Waals surface area contributed by atoms with E-state index in [1.807, 2.05) is 0 Å². The molecule has 1 aromatic carbocycles. The van der Waals surface area contributed by atoms with Gasteiger partial charge in [0.1, 0.15) is 0 Å². The van der Waals surface area contributed by atoms with Crippen LogP contribution in [0.2, 0.25) is 0 Å². The van der Waals surface area contributed by atoms with E-state index in [9.17, 15) is 0 Å². The zero-order chi connectivity index (χ0) is 12.2. The summed E-state index contributed by atoms with van der Waals surface area (Å²) in [6, 6.07) is 8.87. The van der Waals surface area contributed by atoms with Crippen molar-refractivity contribution in [1.82, 2.24) is 0 Å². The minimum Gasteiger partial charge on any atom is -0.325 e. The number of hydrogen-bond acceptors (Lipinski definition) is 2. The van der Waals surface area contributed by atoms with Crippen molar-refractivity contribution >= 4 is 11.8 Å². The van der Waals surface area contributed by atoms with Crippen LogP contribution in [0.15, 0.2) is 29.2 Å². The van der Waals surface area contributed by atoms with Gasteiger partial charge in [0.2, 0.25) is 0 Å². The monoisotopic (exact) mass is 259 g/mol. The molecule has 96 valence electrons. The predicted octanol–water partition coefficient (Wildman–Crippen LogP) is 3.61. The predicted molar refractivity (Wildman–Crippen MR) is 76.8 cm³/mol. The second kappa shape index (κ2) is 4.01. The topological polar surface area (TPSA) is 26.0 Å². The van der Waals surface area contributed by atoms with Gasteiger partial charge in [0.05, 0.1) is 0 Å². The van der Waals surface area contributed by atoms with Crippen LogP contribution in [0.5, 0.6) is 0 Å². The van der Waals surface area contributed by atoms with Crippen LogP contribution in [0.1, 0.15) is 37.7 Å². The van der Waals surface area contributed by atoms with E-state index in [2.05, 4.69) is 36.0 Å². The van der Waals surface area contributed by atoms with E-state index in [-0.39, 0.29) is 5.54 Å². The highest BCUT2D eigenvalue weighted by Crippen LogP contribution is 2.53. The molecule has 1 aliphatic heterocycles. The highest BCUT2D eigenvalue weighted by Gasteiger charge is 2.49. The standard InChI is InChI=1S/C16H21NS/c17-16(9-11-5-6-13(16)7-11)10-14-8-12-3-1-2-4-15(12)18-14/h1-4,11,13-14H,5-10,17H2. The summed E-state index contributed by atoms with van der Waals surface area (Å²) in [5.41, 5.74) is 8.46. The fraction of sp³-hybridized carbons (Fsp3) is 0.625. The molecule has 2 fully saturated rings. The van der Waals surface area contributed by atoms with Gasteiger partial charge in [0, 0.05) is 15.7 Å². The van der Waals surface area contributed by atoms with Crippen molar-refractivity contribution in [2.24, 2.45) is 17.6 Å². The molecule has 0 saturated heterocycles. The maximum atomic E-state index is 6.75. The molecule has 1 aromatic rings. The van der Waals surface area contributed by atoms with Gasteiger partial charge < -0.3 is 5.73 Å². The minimum atomic E-state index is 0.169. The van der Waals surface area contributed by atoms with Crippen molar-refractivity contribution < 1.29 is 0 Å². The average molecular weight is 259 g/mol. The number of fused-ring (bicyclic) bond motifs is 3. The highest BCUT2D eigenvalue weighted by atomic mass is 32.2. The van der Waals surface area contributed by atoms with Gasteiger partial charge in [-0.1, -0.05) is 24.6 Å². The molecule has 0 spiro atoms. The summed E-state index contributed by atoms with van der Waals surface area (Å²) in [5, 5.41) is 0.728. The van der Waals surface area contributed by atoms with Gasteiger partial charge in [-0.3, -0.25) is 0 Å². The molecule has 2 aliphatic carbocycles. The molecule has 3 aliphatic rings. The molecule has 18 heavy (non-hydrogen) atoms. The van der Waals surface area contributed by atoms with Gasteiger partial charge in [-0.25, -0.2) is 0 Å². The SMILES string of the molecule is NC1(CC2Cc3ccccc3S2)CC2CCC1C2. The molecule has 4 rings (SSSR count). The summed E-state index contributed by atoms with van der Waals surface area (Å²) in [7, 11) is 0. The Morgan fingerprint density at radius 1 is 1.28 bits per heavy atom. The molecule has 4 atom stereocenters. The molecule has 0 radical (unpaired) electrons.